The number of esters is 2. The molecule has 178 valence electrons. The van der Waals surface area contributed by atoms with Crippen molar-refractivity contribution >= 4 is 40.7 Å². The van der Waals surface area contributed by atoms with Crippen LogP contribution in [0.4, 0.5) is 0 Å². The summed E-state index contributed by atoms with van der Waals surface area (Å²) < 4.78 is 15.6. The number of nitrogens with one attached hydrogen (secondary N) is 1. The molecule has 0 aliphatic carbocycles. The van der Waals surface area contributed by atoms with E-state index in [4.69, 9.17) is 9.15 Å². The Morgan fingerprint density at radius 2 is 1.69 bits per heavy atom. The molecule has 9 heteroatoms. The summed E-state index contributed by atoms with van der Waals surface area (Å²) in [5.41, 5.74) is 3.81. The fourth-order valence-corrected chi connectivity index (χ4v) is 4.08. The van der Waals surface area contributed by atoms with Crippen LogP contribution in [0.3, 0.4) is 0 Å². The molecule has 0 aliphatic heterocycles. The average molecular weight is 491 g/mol. The van der Waals surface area contributed by atoms with Crippen LogP contribution < -0.4 is 5.32 Å². The molecule has 1 aromatic heterocycles. The fourth-order valence-electron chi connectivity index (χ4n) is 3.23. The Hall–Kier alpha value is -4.11. The minimum atomic E-state index is -0.587. The van der Waals surface area contributed by atoms with E-state index in [1.165, 1.54) is 18.9 Å². The first kappa shape index (κ1) is 24.0. The molecule has 0 unspecified atom stereocenters. The first-order valence-corrected chi connectivity index (χ1v) is 11.7. The summed E-state index contributed by atoms with van der Waals surface area (Å²) in [6, 6.07) is 21.2. The van der Waals surface area contributed by atoms with Gasteiger partial charge in [0.2, 0.25) is 0 Å². The van der Waals surface area contributed by atoms with Crippen molar-refractivity contribution in [2.24, 2.45) is 0 Å². The summed E-state index contributed by atoms with van der Waals surface area (Å²) in [6.45, 7) is -0.179. The SMILES string of the molecule is COC(=O)c1ccc(CNC(=O)COC(=O)c2ccccc2CSc2nc3ccccc3o2)cc1. The second-order valence-corrected chi connectivity index (χ2v) is 8.36. The van der Waals surface area contributed by atoms with E-state index in [9.17, 15) is 14.4 Å². The van der Waals surface area contributed by atoms with Crippen molar-refractivity contribution in [3.8, 4) is 0 Å². The van der Waals surface area contributed by atoms with Gasteiger partial charge in [0, 0.05) is 12.3 Å². The standard InChI is InChI=1S/C26H22N2O6S/c1-32-24(30)18-12-10-17(11-13-18)14-27-23(29)15-33-25(31)20-7-3-2-6-19(20)16-35-26-28-21-8-4-5-9-22(21)34-26/h2-13H,14-16H2,1H3,(H,27,29). The summed E-state index contributed by atoms with van der Waals surface area (Å²) in [7, 11) is 1.31. The fraction of sp³-hybridized carbons (Fsp3) is 0.154. The zero-order valence-corrected chi connectivity index (χ0v) is 19.7. The number of ether oxygens (including phenoxy) is 2. The Kier molecular flexibility index (Phi) is 7.79. The monoisotopic (exact) mass is 490 g/mol. The lowest BCUT2D eigenvalue weighted by Gasteiger charge is -2.10. The molecule has 0 fully saturated rings. The van der Waals surface area contributed by atoms with Crippen molar-refractivity contribution in [2.45, 2.75) is 17.5 Å². The number of oxazole rings is 1. The number of thioether (sulfide) groups is 1. The Labute approximate surface area is 205 Å². The molecule has 8 nitrogen and oxygen atoms in total. The molecule has 1 N–H and O–H groups in total. The van der Waals surface area contributed by atoms with Gasteiger partial charge >= 0.3 is 11.9 Å². The summed E-state index contributed by atoms with van der Waals surface area (Å²) >= 11 is 1.37. The van der Waals surface area contributed by atoms with Crippen LogP contribution in [0.5, 0.6) is 0 Å². The van der Waals surface area contributed by atoms with Crippen LogP contribution in [-0.4, -0.2) is 36.5 Å². The molecule has 0 saturated carbocycles. The molecule has 0 atom stereocenters. The Bertz CT molecular complexity index is 1320. The summed E-state index contributed by atoms with van der Waals surface area (Å²) in [5, 5.41) is 3.19. The van der Waals surface area contributed by atoms with Crippen LogP contribution in [0.15, 0.2) is 82.4 Å². The zero-order valence-electron chi connectivity index (χ0n) is 18.9. The number of hydrogen-bond acceptors (Lipinski definition) is 8. The topological polar surface area (TPSA) is 108 Å². The number of rotatable bonds is 9. The van der Waals surface area contributed by atoms with Crippen molar-refractivity contribution in [1.82, 2.24) is 10.3 Å². The molecule has 0 saturated heterocycles. The highest BCUT2D eigenvalue weighted by atomic mass is 32.2. The van der Waals surface area contributed by atoms with E-state index in [-0.39, 0.29) is 6.54 Å². The Morgan fingerprint density at radius 3 is 2.46 bits per heavy atom. The predicted octanol–water partition coefficient (Wildman–Crippen LogP) is 4.38. The number of carbonyl (C=O) groups is 3. The number of carbonyl (C=O) groups excluding carboxylic acids is 3. The number of para-hydroxylation sites is 2. The molecule has 0 radical (unpaired) electrons. The first-order chi connectivity index (χ1) is 17.0. The number of fused-ring (bicyclic) bond motifs is 1. The molecular weight excluding hydrogens is 468 g/mol. The minimum Gasteiger partial charge on any atom is -0.465 e. The smallest absolute Gasteiger partial charge is 0.338 e. The van der Waals surface area contributed by atoms with Crippen LogP contribution in [-0.2, 0) is 26.6 Å². The van der Waals surface area contributed by atoms with E-state index in [2.05, 4.69) is 15.0 Å². The molecule has 35 heavy (non-hydrogen) atoms. The second kappa shape index (κ2) is 11.3. The highest BCUT2D eigenvalue weighted by molar-refractivity contribution is 7.98. The molecule has 3 aromatic carbocycles. The highest BCUT2D eigenvalue weighted by Gasteiger charge is 2.16. The Morgan fingerprint density at radius 1 is 0.943 bits per heavy atom. The molecule has 0 bridgehead atoms. The highest BCUT2D eigenvalue weighted by Crippen LogP contribution is 2.27. The zero-order chi connectivity index (χ0) is 24.6. The third-order valence-corrected chi connectivity index (χ3v) is 5.94. The van der Waals surface area contributed by atoms with Crippen LogP contribution in [0.1, 0.15) is 31.8 Å². The van der Waals surface area contributed by atoms with Gasteiger partial charge in [0.15, 0.2) is 12.2 Å². The maximum Gasteiger partial charge on any atom is 0.338 e. The molecule has 0 spiro atoms. The third-order valence-electron chi connectivity index (χ3n) is 5.06. The number of nitrogens with zero attached hydrogens (tertiary/aromatic N) is 1. The van der Waals surface area contributed by atoms with E-state index in [1.807, 2.05) is 36.4 Å². The van der Waals surface area contributed by atoms with Gasteiger partial charge in [-0.15, -0.1) is 0 Å². The normalized spacial score (nSPS) is 10.7. The van der Waals surface area contributed by atoms with Gasteiger partial charge in [0.25, 0.3) is 11.1 Å². The van der Waals surface area contributed by atoms with Gasteiger partial charge in [-0.3, -0.25) is 4.79 Å². The summed E-state index contributed by atoms with van der Waals surface area (Å²) in [6.07, 6.45) is 0. The average Bonchev–Trinajstić information content (AvgIpc) is 3.32. The lowest BCUT2D eigenvalue weighted by atomic mass is 10.1. The second-order valence-electron chi connectivity index (χ2n) is 7.43. The van der Waals surface area contributed by atoms with E-state index >= 15 is 0 Å². The van der Waals surface area contributed by atoms with E-state index in [1.54, 1.807) is 36.4 Å². The Balaban J connectivity index is 1.28. The lowest BCUT2D eigenvalue weighted by molar-refractivity contribution is -0.124. The quantitative estimate of drug-likeness (QED) is 0.272. The van der Waals surface area contributed by atoms with E-state index < -0.39 is 24.5 Å². The molecule has 0 aliphatic rings. The third kappa shape index (κ3) is 6.27. The van der Waals surface area contributed by atoms with Crippen molar-refractivity contribution in [1.29, 1.82) is 0 Å². The van der Waals surface area contributed by atoms with E-state index in [0.717, 1.165) is 16.6 Å². The van der Waals surface area contributed by atoms with Gasteiger partial charge in [-0.25, -0.2) is 14.6 Å². The maximum absolute atomic E-state index is 12.6. The summed E-state index contributed by atoms with van der Waals surface area (Å²) in [5.74, 6) is -1.00. The maximum atomic E-state index is 12.6. The number of amides is 1. The largest absolute Gasteiger partial charge is 0.465 e. The van der Waals surface area contributed by atoms with Gasteiger partial charge in [0.05, 0.1) is 18.2 Å². The van der Waals surface area contributed by atoms with Gasteiger partial charge in [-0.05, 0) is 41.5 Å². The van der Waals surface area contributed by atoms with Crippen molar-refractivity contribution in [2.75, 3.05) is 13.7 Å². The predicted molar refractivity (Wildman–Crippen MR) is 130 cm³/mol. The molecule has 1 heterocycles. The van der Waals surface area contributed by atoms with Gasteiger partial charge in [0.1, 0.15) is 5.52 Å². The first-order valence-electron chi connectivity index (χ1n) is 10.7. The summed E-state index contributed by atoms with van der Waals surface area (Å²) in [4.78, 5) is 40.7. The molecule has 4 aromatic rings. The van der Waals surface area contributed by atoms with Crippen LogP contribution in [0.2, 0.25) is 0 Å². The van der Waals surface area contributed by atoms with Crippen molar-refractivity contribution < 1.29 is 28.3 Å². The number of methoxy groups -OCH3 is 1. The van der Waals surface area contributed by atoms with Gasteiger partial charge < -0.3 is 19.2 Å². The molecule has 1 amide bonds. The lowest BCUT2D eigenvalue weighted by Crippen LogP contribution is -2.28. The van der Waals surface area contributed by atoms with Crippen molar-refractivity contribution in [3.05, 3.63) is 95.1 Å². The van der Waals surface area contributed by atoms with Crippen LogP contribution >= 0.6 is 11.8 Å². The molecular formula is C26H22N2O6S. The van der Waals surface area contributed by atoms with Gasteiger partial charge in [-0.1, -0.05) is 54.2 Å². The molecule has 4 rings (SSSR count). The van der Waals surface area contributed by atoms with Crippen LogP contribution in [0.25, 0.3) is 11.1 Å². The number of hydrogen-bond donors (Lipinski definition) is 1. The number of benzene rings is 3. The van der Waals surface area contributed by atoms with E-state index in [0.29, 0.717) is 27.7 Å². The minimum absolute atomic E-state index is 0.232. The van der Waals surface area contributed by atoms with Crippen molar-refractivity contribution in [3.63, 3.8) is 0 Å². The van der Waals surface area contributed by atoms with Crippen LogP contribution in [0, 0.1) is 0 Å². The number of aromatic nitrogens is 1. The van der Waals surface area contributed by atoms with Gasteiger partial charge in [-0.2, -0.15) is 0 Å².